The van der Waals surface area contributed by atoms with Gasteiger partial charge in [0.25, 0.3) is 5.60 Å². The summed E-state index contributed by atoms with van der Waals surface area (Å²) in [7, 11) is 0. The number of hydrogen-bond donors (Lipinski definition) is 1. The van der Waals surface area contributed by atoms with Crippen LogP contribution in [0.4, 0.5) is 22.0 Å². The zero-order valence-electron chi connectivity index (χ0n) is 12.8. The molecule has 1 unspecified atom stereocenters. The van der Waals surface area contributed by atoms with E-state index in [0.29, 0.717) is 0 Å². The summed E-state index contributed by atoms with van der Waals surface area (Å²) in [6.45, 7) is 3.25. The molecule has 0 spiro atoms. The lowest BCUT2D eigenvalue weighted by atomic mass is 9.74. The van der Waals surface area contributed by atoms with Crippen LogP contribution in [0.1, 0.15) is 32.8 Å². The van der Waals surface area contributed by atoms with Gasteiger partial charge in [0.05, 0.1) is 6.61 Å². The van der Waals surface area contributed by atoms with Gasteiger partial charge in [-0.2, -0.15) is 13.2 Å². The van der Waals surface area contributed by atoms with Crippen LogP contribution >= 0.6 is 0 Å². The second-order valence-electron chi connectivity index (χ2n) is 5.76. The predicted molar refractivity (Wildman–Crippen MR) is 71.6 cm³/mol. The maximum absolute atomic E-state index is 13.8. The van der Waals surface area contributed by atoms with Crippen molar-refractivity contribution in [3.63, 3.8) is 0 Å². The number of halogens is 5. The zero-order chi connectivity index (χ0) is 18.1. The SMILES string of the molecule is CCOC(=O)C(O)(CC(C)(C)c1cc(F)ccc1F)C(F)(F)F. The average molecular weight is 340 g/mol. The minimum absolute atomic E-state index is 0.369. The van der Waals surface area contributed by atoms with Gasteiger partial charge in [0.15, 0.2) is 0 Å². The molecule has 1 aromatic carbocycles. The van der Waals surface area contributed by atoms with Gasteiger partial charge in [-0.15, -0.1) is 0 Å². The lowest BCUT2D eigenvalue weighted by Gasteiger charge is -2.36. The highest BCUT2D eigenvalue weighted by Crippen LogP contribution is 2.42. The van der Waals surface area contributed by atoms with Crippen LogP contribution in [0.2, 0.25) is 0 Å². The smallest absolute Gasteiger partial charge is 0.428 e. The van der Waals surface area contributed by atoms with Crippen molar-refractivity contribution < 1.29 is 36.6 Å². The van der Waals surface area contributed by atoms with Crippen LogP contribution in [0.15, 0.2) is 18.2 Å². The highest BCUT2D eigenvalue weighted by Gasteiger charge is 2.62. The van der Waals surface area contributed by atoms with Crippen molar-refractivity contribution in [1.82, 2.24) is 0 Å². The second kappa shape index (κ2) is 6.43. The molecule has 0 heterocycles. The van der Waals surface area contributed by atoms with Crippen molar-refractivity contribution in [2.45, 2.75) is 44.4 Å². The van der Waals surface area contributed by atoms with E-state index in [1.807, 2.05) is 0 Å². The molecular weight excluding hydrogens is 323 g/mol. The fourth-order valence-electron chi connectivity index (χ4n) is 2.29. The first-order valence-electron chi connectivity index (χ1n) is 6.77. The van der Waals surface area contributed by atoms with Gasteiger partial charge >= 0.3 is 12.1 Å². The number of carbonyl (C=O) groups is 1. The third-order valence-corrected chi connectivity index (χ3v) is 3.44. The van der Waals surface area contributed by atoms with E-state index in [-0.39, 0.29) is 12.2 Å². The Hall–Kier alpha value is -1.70. The van der Waals surface area contributed by atoms with Crippen molar-refractivity contribution in [3.05, 3.63) is 35.4 Å². The summed E-state index contributed by atoms with van der Waals surface area (Å²) < 4.78 is 71.0. The van der Waals surface area contributed by atoms with Gasteiger partial charge in [-0.3, -0.25) is 0 Å². The topological polar surface area (TPSA) is 46.5 Å². The van der Waals surface area contributed by atoms with Gasteiger partial charge in [0.1, 0.15) is 11.6 Å². The van der Waals surface area contributed by atoms with Crippen molar-refractivity contribution in [2.75, 3.05) is 6.61 Å². The van der Waals surface area contributed by atoms with Crippen LogP contribution in [-0.4, -0.2) is 29.5 Å². The molecule has 1 aromatic rings. The number of benzene rings is 1. The van der Waals surface area contributed by atoms with Crippen molar-refractivity contribution in [3.8, 4) is 0 Å². The fraction of sp³-hybridized carbons (Fsp3) is 0.533. The van der Waals surface area contributed by atoms with Gasteiger partial charge in [-0.25, -0.2) is 13.6 Å². The van der Waals surface area contributed by atoms with E-state index < -0.39 is 41.2 Å². The first-order chi connectivity index (χ1) is 10.3. The molecule has 0 amide bonds. The normalized spacial score (nSPS) is 15.2. The van der Waals surface area contributed by atoms with Crippen LogP contribution < -0.4 is 0 Å². The fourth-order valence-corrected chi connectivity index (χ4v) is 2.29. The molecule has 8 heteroatoms. The molecule has 3 nitrogen and oxygen atoms in total. The van der Waals surface area contributed by atoms with Crippen LogP contribution in [0.25, 0.3) is 0 Å². The highest BCUT2D eigenvalue weighted by molar-refractivity contribution is 5.80. The van der Waals surface area contributed by atoms with E-state index in [0.717, 1.165) is 18.2 Å². The minimum Gasteiger partial charge on any atom is -0.464 e. The van der Waals surface area contributed by atoms with Crippen LogP contribution in [0, 0.1) is 11.6 Å². The number of aliphatic hydroxyl groups is 1. The zero-order valence-corrected chi connectivity index (χ0v) is 12.8. The average Bonchev–Trinajstić information content (AvgIpc) is 2.39. The molecule has 0 aliphatic heterocycles. The lowest BCUT2D eigenvalue weighted by Crippen LogP contribution is -2.56. The van der Waals surface area contributed by atoms with E-state index in [9.17, 15) is 31.9 Å². The standard InChI is InChI=1S/C15H17F5O3/c1-4-23-12(21)14(22,15(18,19)20)8-13(2,3)10-7-9(16)5-6-11(10)17/h5-7,22H,4,8H2,1-3H3. The first kappa shape index (κ1) is 19.3. The summed E-state index contributed by atoms with van der Waals surface area (Å²) in [6.07, 6.45) is -6.55. The Morgan fingerprint density at radius 2 is 1.78 bits per heavy atom. The Balaban J connectivity index is 3.31. The summed E-state index contributed by atoms with van der Waals surface area (Å²) in [5, 5.41) is 9.89. The number of esters is 1. The lowest BCUT2D eigenvalue weighted by molar-refractivity contribution is -0.268. The highest BCUT2D eigenvalue weighted by atomic mass is 19.4. The quantitative estimate of drug-likeness (QED) is 0.659. The molecule has 0 bridgehead atoms. The van der Waals surface area contributed by atoms with Crippen LogP contribution in [0.3, 0.4) is 0 Å². The molecule has 1 atom stereocenters. The Bertz CT molecular complexity index is 583. The van der Waals surface area contributed by atoms with E-state index >= 15 is 0 Å². The largest absolute Gasteiger partial charge is 0.464 e. The molecule has 23 heavy (non-hydrogen) atoms. The third-order valence-electron chi connectivity index (χ3n) is 3.44. The Morgan fingerprint density at radius 3 is 2.26 bits per heavy atom. The molecular formula is C15H17F5O3. The van der Waals surface area contributed by atoms with Gasteiger partial charge in [0.2, 0.25) is 0 Å². The Kier molecular flexibility index (Phi) is 5.41. The Morgan fingerprint density at radius 1 is 1.22 bits per heavy atom. The van der Waals surface area contributed by atoms with Crippen molar-refractivity contribution in [2.24, 2.45) is 0 Å². The van der Waals surface area contributed by atoms with E-state index in [2.05, 4.69) is 4.74 Å². The van der Waals surface area contributed by atoms with E-state index in [1.54, 1.807) is 0 Å². The summed E-state index contributed by atoms with van der Waals surface area (Å²) in [6, 6.07) is 2.32. The Labute approximate surface area is 130 Å². The minimum atomic E-state index is -5.33. The molecule has 0 aliphatic carbocycles. The van der Waals surface area contributed by atoms with E-state index in [1.165, 1.54) is 20.8 Å². The molecule has 0 fully saturated rings. The number of alkyl halides is 3. The maximum atomic E-state index is 13.8. The van der Waals surface area contributed by atoms with Crippen molar-refractivity contribution >= 4 is 5.97 Å². The van der Waals surface area contributed by atoms with E-state index in [4.69, 9.17) is 0 Å². The van der Waals surface area contributed by atoms with Crippen LogP contribution in [0.5, 0.6) is 0 Å². The predicted octanol–water partition coefficient (Wildman–Crippen LogP) is 3.49. The summed E-state index contributed by atoms with van der Waals surface area (Å²) in [4.78, 5) is 11.6. The monoisotopic (exact) mass is 340 g/mol. The molecule has 0 aromatic heterocycles. The number of ether oxygens (including phenoxy) is 1. The summed E-state index contributed by atoms with van der Waals surface area (Å²) in [5.74, 6) is -3.66. The summed E-state index contributed by atoms with van der Waals surface area (Å²) in [5.41, 5.74) is -5.90. The van der Waals surface area contributed by atoms with Gasteiger partial charge in [0, 0.05) is 6.42 Å². The number of rotatable bonds is 5. The third kappa shape index (κ3) is 3.99. The number of hydrogen-bond acceptors (Lipinski definition) is 3. The van der Waals surface area contributed by atoms with Crippen LogP contribution in [-0.2, 0) is 14.9 Å². The molecule has 0 aliphatic rings. The molecule has 1 N–H and O–H groups in total. The molecule has 0 saturated heterocycles. The van der Waals surface area contributed by atoms with Gasteiger partial charge in [-0.05, 0) is 36.1 Å². The van der Waals surface area contributed by atoms with Gasteiger partial charge < -0.3 is 9.84 Å². The first-order valence-corrected chi connectivity index (χ1v) is 6.77. The molecule has 1 rings (SSSR count). The number of carbonyl (C=O) groups excluding carboxylic acids is 1. The molecule has 0 radical (unpaired) electrons. The van der Waals surface area contributed by atoms with Gasteiger partial charge in [-0.1, -0.05) is 13.8 Å². The molecule has 130 valence electrons. The maximum Gasteiger partial charge on any atom is 0.428 e. The van der Waals surface area contributed by atoms with Crippen molar-refractivity contribution in [1.29, 1.82) is 0 Å². The summed E-state index contributed by atoms with van der Waals surface area (Å²) >= 11 is 0. The molecule has 0 saturated carbocycles. The second-order valence-corrected chi connectivity index (χ2v) is 5.76.